The predicted molar refractivity (Wildman–Crippen MR) is 98.3 cm³/mol. The van der Waals surface area contributed by atoms with E-state index in [0.29, 0.717) is 12.0 Å². The average Bonchev–Trinajstić information content (AvgIpc) is 2.72. The maximum absolute atomic E-state index is 12.3. The zero-order valence-electron chi connectivity index (χ0n) is 16.1. The standard InChI is InChI=1S/C18H33N5O/c1-14-17(15(2)21(6)20-14)19-16(24)13-23-11-9-22(10-12-23)8-7-18(3,4)5/h7-13H2,1-6H3,(H,19,24). The number of carbonyl (C=O) groups excluding carboxylic acids is 1. The first kappa shape index (κ1) is 18.9. The number of aryl methyl sites for hydroxylation is 2. The van der Waals surface area contributed by atoms with E-state index < -0.39 is 0 Å². The number of anilines is 1. The first-order valence-corrected chi connectivity index (χ1v) is 8.90. The van der Waals surface area contributed by atoms with Crippen molar-refractivity contribution in [2.24, 2.45) is 12.5 Å². The van der Waals surface area contributed by atoms with E-state index in [4.69, 9.17) is 0 Å². The summed E-state index contributed by atoms with van der Waals surface area (Å²) in [5.74, 6) is 0.0531. The summed E-state index contributed by atoms with van der Waals surface area (Å²) >= 11 is 0. The van der Waals surface area contributed by atoms with Gasteiger partial charge in [-0.25, -0.2) is 0 Å². The van der Waals surface area contributed by atoms with Crippen LogP contribution < -0.4 is 5.32 Å². The van der Waals surface area contributed by atoms with E-state index in [1.807, 2.05) is 20.9 Å². The Morgan fingerprint density at radius 3 is 2.21 bits per heavy atom. The van der Waals surface area contributed by atoms with Gasteiger partial charge in [-0.1, -0.05) is 20.8 Å². The second kappa shape index (κ2) is 7.66. The largest absolute Gasteiger partial charge is 0.322 e. The van der Waals surface area contributed by atoms with Crippen LogP contribution in [0.5, 0.6) is 0 Å². The third-order valence-electron chi connectivity index (χ3n) is 4.78. The van der Waals surface area contributed by atoms with Gasteiger partial charge in [0.2, 0.25) is 5.91 Å². The molecule has 0 radical (unpaired) electrons. The topological polar surface area (TPSA) is 53.4 Å². The van der Waals surface area contributed by atoms with Crippen molar-refractivity contribution in [3.05, 3.63) is 11.4 Å². The van der Waals surface area contributed by atoms with Gasteiger partial charge < -0.3 is 10.2 Å². The molecule has 0 saturated carbocycles. The molecule has 0 atom stereocenters. The number of carbonyl (C=O) groups is 1. The Hall–Kier alpha value is -1.40. The molecule has 6 heteroatoms. The summed E-state index contributed by atoms with van der Waals surface area (Å²) in [6, 6.07) is 0. The molecule has 1 amide bonds. The zero-order chi connectivity index (χ0) is 17.9. The summed E-state index contributed by atoms with van der Waals surface area (Å²) in [6.07, 6.45) is 1.22. The van der Waals surface area contributed by atoms with Crippen molar-refractivity contribution in [3.8, 4) is 0 Å². The van der Waals surface area contributed by atoms with Crippen LogP contribution in [-0.2, 0) is 11.8 Å². The molecule has 1 fully saturated rings. The molecule has 2 rings (SSSR count). The molecule has 0 unspecified atom stereocenters. The number of nitrogens with one attached hydrogen (secondary N) is 1. The maximum atomic E-state index is 12.3. The van der Waals surface area contributed by atoms with Gasteiger partial charge in [-0.05, 0) is 32.2 Å². The average molecular weight is 335 g/mol. The molecule has 1 N–H and O–H groups in total. The Kier molecular flexibility index (Phi) is 6.04. The monoisotopic (exact) mass is 335 g/mol. The van der Waals surface area contributed by atoms with Crippen LogP contribution >= 0.6 is 0 Å². The molecule has 6 nitrogen and oxygen atoms in total. The number of hydrogen-bond donors (Lipinski definition) is 1. The third-order valence-corrected chi connectivity index (χ3v) is 4.78. The SMILES string of the molecule is Cc1nn(C)c(C)c1NC(=O)CN1CCN(CCC(C)(C)C)CC1. The van der Waals surface area contributed by atoms with E-state index in [9.17, 15) is 4.79 Å². The third kappa shape index (κ3) is 5.31. The van der Waals surface area contributed by atoms with Crippen molar-refractivity contribution in [2.75, 3.05) is 44.6 Å². The molecule has 1 aromatic rings. The van der Waals surface area contributed by atoms with Gasteiger partial charge in [-0.2, -0.15) is 5.10 Å². The number of nitrogens with zero attached hydrogens (tertiary/aromatic N) is 4. The highest BCUT2D eigenvalue weighted by atomic mass is 16.2. The summed E-state index contributed by atoms with van der Waals surface area (Å²) in [5, 5.41) is 7.37. The lowest BCUT2D eigenvalue weighted by Crippen LogP contribution is -2.49. The number of rotatable bonds is 5. The van der Waals surface area contributed by atoms with Gasteiger partial charge in [-0.3, -0.25) is 14.4 Å². The smallest absolute Gasteiger partial charge is 0.238 e. The normalized spacial score (nSPS) is 17.2. The molecule has 1 saturated heterocycles. The highest BCUT2D eigenvalue weighted by molar-refractivity contribution is 5.93. The molecule has 1 aliphatic rings. The fraction of sp³-hybridized carbons (Fsp3) is 0.778. The molecule has 2 heterocycles. The Labute approximate surface area is 146 Å². The van der Waals surface area contributed by atoms with Crippen molar-refractivity contribution in [3.63, 3.8) is 0 Å². The number of piperazine rings is 1. The van der Waals surface area contributed by atoms with E-state index in [1.54, 1.807) is 4.68 Å². The Balaban J connectivity index is 1.76. The molecule has 0 aromatic carbocycles. The van der Waals surface area contributed by atoms with Gasteiger partial charge in [0, 0.05) is 33.2 Å². The van der Waals surface area contributed by atoms with Crippen molar-refractivity contribution < 1.29 is 4.79 Å². The van der Waals surface area contributed by atoms with Gasteiger partial charge in [0.05, 0.1) is 23.6 Å². The highest BCUT2D eigenvalue weighted by Gasteiger charge is 2.21. The minimum atomic E-state index is 0.0531. The van der Waals surface area contributed by atoms with Gasteiger partial charge in [0.1, 0.15) is 0 Å². The fourth-order valence-corrected chi connectivity index (χ4v) is 3.00. The number of hydrogen-bond acceptors (Lipinski definition) is 4. The van der Waals surface area contributed by atoms with Crippen LogP contribution in [0.15, 0.2) is 0 Å². The van der Waals surface area contributed by atoms with Crippen LogP contribution in [-0.4, -0.2) is 64.8 Å². The van der Waals surface area contributed by atoms with Crippen LogP contribution in [0, 0.1) is 19.3 Å². The second-order valence-corrected chi connectivity index (χ2v) is 8.15. The van der Waals surface area contributed by atoms with Crippen LogP contribution in [0.3, 0.4) is 0 Å². The molecule has 0 spiro atoms. The van der Waals surface area contributed by atoms with E-state index in [-0.39, 0.29) is 5.91 Å². The molecular formula is C18H33N5O. The van der Waals surface area contributed by atoms with Crippen molar-refractivity contribution in [2.45, 2.75) is 41.0 Å². The first-order valence-electron chi connectivity index (χ1n) is 8.90. The van der Waals surface area contributed by atoms with Crippen LogP contribution in [0.1, 0.15) is 38.6 Å². The van der Waals surface area contributed by atoms with E-state index in [1.165, 1.54) is 6.42 Å². The lowest BCUT2D eigenvalue weighted by Gasteiger charge is -2.35. The summed E-state index contributed by atoms with van der Waals surface area (Å²) < 4.78 is 1.80. The predicted octanol–water partition coefficient (Wildman–Crippen LogP) is 2.03. The van der Waals surface area contributed by atoms with Crippen LogP contribution in [0.2, 0.25) is 0 Å². The maximum Gasteiger partial charge on any atom is 0.238 e. The number of amides is 1. The minimum Gasteiger partial charge on any atom is -0.322 e. The highest BCUT2D eigenvalue weighted by Crippen LogP contribution is 2.20. The quantitative estimate of drug-likeness (QED) is 0.894. The zero-order valence-corrected chi connectivity index (χ0v) is 16.1. The van der Waals surface area contributed by atoms with Crippen molar-refractivity contribution >= 4 is 11.6 Å². The Bertz CT molecular complexity index is 565. The van der Waals surface area contributed by atoms with Gasteiger partial charge in [0.15, 0.2) is 0 Å². The molecule has 24 heavy (non-hydrogen) atoms. The minimum absolute atomic E-state index is 0.0531. The van der Waals surface area contributed by atoms with Gasteiger partial charge in [0.25, 0.3) is 0 Å². The summed E-state index contributed by atoms with van der Waals surface area (Å²) in [7, 11) is 1.90. The lowest BCUT2D eigenvalue weighted by molar-refractivity contribution is -0.117. The summed E-state index contributed by atoms with van der Waals surface area (Å²) in [4.78, 5) is 17.1. The van der Waals surface area contributed by atoms with Crippen molar-refractivity contribution in [1.29, 1.82) is 0 Å². The molecule has 0 bridgehead atoms. The van der Waals surface area contributed by atoms with E-state index >= 15 is 0 Å². The summed E-state index contributed by atoms with van der Waals surface area (Å²) in [6.45, 7) is 16.4. The van der Waals surface area contributed by atoms with E-state index in [0.717, 1.165) is 49.8 Å². The summed E-state index contributed by atoms with van der Waals surface area (Å²) in [5.41, 5.74) is 3.10. The van der Waals surface area contributed by atoms with E-state index in [2.05, 4.69) is 41.0 Å². The Morgan fingerprint density at radius 1 is 1.12 bits per heavy atom. The van der Waals surface area contributed by atoms with Crippen LogP contribution in [0.25, 0.3) is 0 Å². The first-order chi connectivity index (χ1) is 11.2. The lowest BCUT2D eigenvalue weighted by atomic mass is 9.92. The second-order valence-electron chi connectivity index (χ2n) is 8.15. The molecular weight excluding hydrogens is 302 g/mol. The molecule has 1 aliphatic heterocycles. The Morgan fingerprint density at radius 2 is 1.71 bits per heavy atom. The number of aromatic nitrogens is 2. The van der Waals surface area contributed by atoms with Gasteiger partial charge >= 0.3 is 0 Å². The molecule has 0 aliphatic carbocycles. The molecule has 1 aromatic heterocycles. The fourth-order valence-electron chi connectivity index (χ4n) is 3.00. The van der Waals surface area contributed by atoms with Crippen LogP contribution in [0.4, 0.5) is 5.69 Å². The van der Waals surface area contributed by atoms with Gasteiger partial charge in [-0.15, -0.1) is 0 Å². The van der Waals surface area contributed by atoms with Crippen molar-refractivity contribution in [1.82, 2.24) is 19.6 Å². The molecule has 136 valence electrons.